The van der Waals surface area contributed by atoms with Gasteiger partial charge in [0.2, 0.25) is 11.4 Å². The van der Waals surface area contributed by atoms with E-state index in [0.29, 0.717) is 11.6 Å². The number of aromatic nitrogens is 3. The summed E-state index contributed by atoms with van der Waals surface area (Å²) >= 11 is 0. The molecule has 0 saturated carbocycles. The SMILES string of the molecule is CONC(=O)c1cn(-c2ccc3c(c2)CCC3)c2nc(Nc3cccc(CCN4CCCC4)c3)ncc2c1=O. The molecule has 2 aromatic heterocycles. The fraction of sp³-hybridized carbons (Fsp3) is 0.333. The summed E-state index contributed by atoms with van der Waals surface area (Å²) in [6.45, 7) is 3.43. The van der Waals surface area contributed by atoms with Crippen LogP contribution in [0.25, 0.3) is 16.7 Å². The van der Waals surface area contributed by atoms with Crippen molar-refractivity contribution in [1.82, 2.24) is 24.9 Å². The summed E-state index contributed by atoms with van der Waals surface area (Å²) in [4.78, 5) is 42.4. The van der Waals surface area contributed by atoms with Crippen LogP contribution in [0.1, 0.15) is 46.3 Å². The highest BCUT2D eigenvalue weighted by Crippen LogP contribution is 2.26. The minimum Gasteiger partial charge on any atom is -0.324 e. The highest BCUT2D eigenvalue weighted by molar-refractivity contribution is 5.96. The lowest BCUT2D eigenvalue weighted by Crippen LogP contribution is -2.29. The smallest absolute Gasteiger partial charge is 0.280 e. The van der Waals surface area contributed by atoms with Crippen molar-refractivity contribution in [2.24, 2.45) is 0 Å². The second-order valence-corrected chi connectivity index (χ2v) is 10.2. The number of amides is 1. The van der Waals surface area contributed by atoms with Gasteiger partial charge >= 0.3 is 0 Å². The number of hydrogen-bond donors (Lipinski definition) is 2. The number of pyridine rings is 1. The van der Waals surface area contributed by atoms with Crippen molar-refractivity contribution in [1.29, 1.82) is 0 Å². The topological polar surface area (TPSA) is 101 Å². The Morgan fingerprint density at radius 1 is 1.05 bits per heavy atom. The van der Waals surface area contributed by atoms with Gasteiger partial charge in [-0.1, -0.05) is 18.2 Å². The molecule has 1 fully saturated rings. The molecule has 1 aliphatic carbocycles. The van der Waals surface area contributed by atoms with Gasteiger partial charge in [0, 0.05) is 30.3 Å². The average molecular weight is 525 g/mol. The van der Waals surface area contributed by atoms with E-state index in [1.54, 1.807) is 4.57 Å². The molecule has 0 atom stereocenters. The van der Waals surface area contributed by atoms with Crippen molar-refractivity contribution in [3.8, 4) is 5.69 Å². The van der Waals surface area contributed by atoms with Crippen LogP contribution in [0.2, 0.25) is 0 Å². The highest BCUT2D eigenvalue weighted by Gasteiger charge is 2.20. The van der Waals surface area contributed by atoms with Crippen molar-refractivity contribution >= 4 is 28.6 Å². The lowest BCUT2D eigenvalue weighted by Gasteiger charge is -2.15. The van der Waals surface area contributed by atoms with Crippen LogP contribution in [0.3, 0.4) is 0 Å². The Morgan fingerprint density at radius 2 is 1.90 bits per heavy atom. The molecule has 1 aliphatic heterocycles. The molecule has 9 heteroatoms. The number of anilines is 2. The number of benzene rings is 2. The van der Waals surface area contributed by atoms with E-state index in [-0.39, 0.29) is 10.9 Å². The van der Waals surface area contributed by atoms with Crippen LogP contribution in [0, 0.1) is 0 Å². The third-order valence-corrected chi connectivity index (χ3v) is 7.64. The Kier molecular flexibility index (Phi) is 7.08. The van der Waals surface area contributed by atoms with Gasteiger partial charge in [-0.05, 0) is 92.6 Å². The molecule has 0 radical (unpaired) electrons. The largest absolute Gasteiger partial charge is 0.324 e. The molecule has 39 heavy (non-hydrogen) atoms. The Balaban J connectivity index is 1.36. The van der Waals surface area contributed by atoms with Crippen molar-refractivity contribution < 1.29 is 9.63 Å². The first kappa shape index (κ1) is 25.2. The van der Waals surface area contributed by atoms with Gasteiger partial charge in [0.15, 0.2) is 5.65 Å². The molecule has 0 spiro atoms. The molecule has 2 aliphatic rings. The van der Waals surface area contributed by atoms with Gasteiger partial charge in [-0.15, -0.1) is 0 Å². The van der Waals surface area contributed by atoms with E-state index in [2.05, 4.69) is 44.9 Å². The van der Waals surface area contributed by atoms with Crippen LogP contribution in [-0.2, 0) is 24.1 Å². The number of hydroxylamine groups is 1. The molecule has 1 amide bonds. The van der Waals surface area contributed by atoms with E-state index in [0.717, 1.165) is 43.6 Å². The predicted molar refractivity (Wildman–Crippen MR) is 151 cm³/mol. The van der Waals surface area contributed by atoms with E-state index in [9.17, 15) is 9.59 Å². The lowest BCUT2D eigenvalue weighted by molar-refractivity contribution is 0.0536. The number of rotatable bonds is 8. The fourth-order valence-corrected chi connectivity index (χ4v) is 5.61. The first-order valence-corrected chi connectivity index (χ1v) is 13.6. The monoisotopic (exact) mass is 524 g/mol. The molecular formula is C30H32N6O3. The summed E-state index contributed by atoms with van der Waals surface area (Å²) in [6, 6.07) is 14.5. The quantitative estimate of drug-likeness (QED) is 0.337. The van der Waals surface area contributed by atoms with Gasteiger partial charge < -0.3 is 14.8 Å². The van der Waals surface area contributed by atoms with Crippen LogP contribution in [-0.4, -0.2) is 52.1 Å². The molecule has 9 nitrogen and oxygen atoms in total. The molecule has 2 N–H and O–H groups in total. The first-order valence-electron chi connectivity index (χ1n) is 13.6. The Morgan fingerprint density at radius 3 is 2.74 bits per heavy atom. The second-order valence-electron chi connectivity index (χ2n) is 10.2. The number of hydrogen-bond acceptors (Lipinski definition) is 7. The zero-order valence-electron chi connectivity index (χ0n) is 22.1. The molecule has 200 valence electrons. The minimum atomic E-state index is -0.618. The third-order valence-electron chi connectivity index (χ3n) is 7.64. The first-order chi connectivity index (χ1) is 19.1. The molecule has 2 aromatic carbocycles. The Bertz CT molecular complexity index is 1590. The van der Waals surface area contributed by atoms with E-state index in [1.807, 2.05) is 18.2 Å². The number of fused-ring (bicyclic) bond motifs is 2. The summed E-state index contributed by atoms with van der Waals surface area (Å²) in [5.41, 5.74) is 7.77. The number of nitrogens with one attached hydrogen (secondary N) is 2. The van der Waals surface area contributed by atoms with E-state index in [4.69, 9.17) is 9.82 Å². The number of nitrogens with zero attached hydrogens (tertiary/aromatic N) is 4. The standard InChI is InChI=1S/C30H32N6O3/c1-39-34-29(38)26-19-36(24-11-10-21-7-5-8-22(21)17-24)28-25(27(26)37)18-31-30(33-28)32-23-9-4-6-20(16-23)12-15-35-13-2-3-14-35/h4,6,9-11,16-19H,2-3,5,7-8,12-15H2,1H3,(H,34,38)(H,31,32,33). The number of aryl methyl sites for hydroxylation is 2. The molecule has 1 saturated heterocycles. The zero-order valence-corrected chi connectivity index (χ0v) is 22.1. The minimum absolute atomic E-state index is 0.0418. The van der Waals surface area contributed by atoms with Crippen LogP contribution in [0.4, 0.5) is 11.6 Å². The van der Waals surface area contributed by atoms with Gasteiger partial charge in [-0.3, -0.25) is 14.4 Å². The molecule has 6 rings (SSSR count). The van der Waals surface area contributed by atoms with Crippen LogP contribution in [0.15, 0.2) is 59.7 Å². The van der Waals surface area contributed by atoms with E-state index < -0.39 is 11.3 Å². The molecule has 3 heterocycles. The summed E-state index contributed by atoms with van der Waals surface area (Å²) in [5, 5.41) is 3.57. The number of carbonyl (C=O) groups is 1. The van der Waals surface area contributed by atoms with Gasteiger partial charge in [-0.2, -0.15) is 4.98 Å². The van der Waals surface area contributed by atoms with Crippen LogP contribution in [0.5, 0.6) is 0 Å². The van der Waals surface area contributed by atoms with Gasteiger partial charge in [0.05, 0.1) is 12.5 Å². The van der Waals surface area contributed by atoms with Gasteiger partial charge in [-0.25, -0.2) is 10.5 Å². The summed E-state index contributed by atoms with van der Waals surface area (Å²) in [6.07, 6.45) is 9.77. The van der Waals surface area contributed by atoms with Crippen LogP contribution >= 0.6 is 0 Å². The molecule has 4 aromatic rings. The number of likely N-dealkylation sites (tertiary alicyclic amines) is 1. The van der Waals surface area contributed by atoms with Crippen molar-refractivity contribution in [3.05, 3.63) is 87.3 Å². The Hall–Kier alpha value is -4.08. The second kappa shape index (κ2) is 11.0. The lowest BCUT2D eigenvalue weighted by atomic mass is 10.1. The van der Waals surface area contributed by atoms with Crippen molar-refractivity contribution in [2.75, 3.05) is 32.1 Å². The van der Waals surface area contributed by atoms with E-state index in [1.165, 1.54) is 62.1 Å². The van der Waals surface area contributed by atoms with E-state index >= 15 is 0 Å². The number of carbonyl (C=O) groups excluding carboxylic acids is 1. The van der Waals surface area contributed by atoms with Crippen molar-refractivity contribution in [2.45, 2.75) is 38.5 Å². The van der Waals surface area contributed by atoms with Gasteiger partial charge in [0.1, 0.15) is 5.56 Å². The molecular weight excluding hydrogens is 492 g/mol. The maximum Gasteiger partial charge on any atom is 0.280 e. The van der Waals surface area contributed by atoms with Gasteiger partial charge in [0.25, 0.3) is 5.91 Å². The molecule has 0 bridgehead atoms. The maximum absolute atomic E-state index is 13.3. The highest BCUT2D eigenvalue weighted by atomic mass is 16.6. The zero-order chi connectivity index (χ0) is 26.8. The Labute approximate surface area is 226 Å². The third kappa shape index (κ3) is 5.28. The van der Waals surface area contributed by atoms with Crippen LogP contribution < -0.4 is 16.2 Å². The predicted octanol–water partition coefficient (Wildman–Crippen LogP) is 3.94. The van der Waals surface area contributed by atoms with Crippen molar-refractivity contribution in [3.63, 3.8) is 0 Å². The summed E-state index contributed by atoms with van der Waals surface area (Å²) in [7, 11) is 1.33. The summed E-state index contributed by atoms with van der Waals surface area (Å²) < 4.78 is 1.79. The maximum atomic E-state index is 13.3. The molecule has 0 unspecified atom stereocenters. The average Bonchev–Trinajstić information content (AvgIpc) is 3.64. The fourth-order valence-electron chi connectivity index (χ4n) is 5.61. The normalized spacial score (nSPS) is 15.0. The summed E-state index contributed by atoms with van der Waals surface area (Å²) in [5.74, 6) is -0.241.